The first-order valence-electron chi connectivity index (χ1n) is 4.67. The number of aryl methyl sites for hydroxylation is 1. The van der Waals surface area contributed by atoms with Crippen molar-refractivity contribution >= 4 is 12.2 Å². The zero-order valence-corrected chi connectivity index (χ0v) is 8.90. The summed E-state index contributed by atoms with van der Waals surface area (Å²) in [5, 5.41) is 0. The molecule has 0 radical (unpaired) electrons. The second kappa shape index (κ2) is 5.86. The molecule has 0 aliphatic heterocycles. The molecule has 1 rings (SSSR count). The summed E-state index contributed by atoms with van der Waals surface area (Å²) < 4.78 is 9.04. The summed E-state index contributed by atoms with van der Waals surface area (Å²) >= 11 is 0. The van der Waals surface area contributed by atoms with Crippen LogP contribution in [-0.2, 0) is 9.47 Å². The van der Waals surface area contributed by atoms with Crippen molar-refractivity contribution < 1.29 is 14.3 Å². The van der Waals surface area contributed by atoms with E-state index in [4.69, 9.17) is 4.74 Å². The largest absolute Gasteiger partial charge is 0.508 e. The molecule has 3 nitrogen and oxygen atoms in total. The summed E-state index contributed by atoms with van der Waals surface area (Å²) in [5.41, 5.74) is 2.30. The minimum absolute atomic E-state index is 0.223. The number of methoxy groups -OCH3 is 1. The van der Waals surface area contributed by atoms with Gasteiger partial charge in [0.1, 0.15) is 6.61 Å². The van der Waals surface area contributed by atoms with E-state index in [9.17, 15) is 4.79 Å². The van der Waals surface area contributed by atoms with Gasteiger partial charge in [0.2, 0.25) is 0 Å². The van der Waals surface area contributed by atoms with Crippen molar-refractivity contribution in [1.29, 1.82) is 0 Å². The Hall–Kier alpha value is -1.77. The highest BCUT2D eigenvalue weighted by Crippen LogP contribution is 2.08. The van der Waals surface area contributed by atoms with Gasteiger partial charge in [-0.05, 0) is 24.1 Å². The van der Waals surface area contributed by atoms with E-state index in [1.54, 1.807) is 6.08 Å². The Morgan fingerprint density at radius 2 is 2.13 bits per heavy atom. The fraction of sp³-hybridized carbons (Fsp3) is 0.250. The van der Waals surface area contributed by atoms with E-state index < -0.39 is 6.16 Å². The molecule has 0 saturated heterocycles. The van der Waals surface area contributed by atoms with Gasteiger partial charge in [0.25, 0.3) is 0 Å². The van der Waals surface area contributed by atoms with Crippen molar-refractivity contribution in [2.75, 3.05) is 13.7 Å². The number of hydrogen-bond acceptors (Lipinski definition) is 3. The third-order valence-electron chi connectivity index (χ3n) is 1.95. The molecule has 0 fully saturated rings. The van der Waals surface area contributed by atoms with Crippen LogP contribution in [0.4, 0.5) is 4.79 Å². The lowest BCUT2D eigenvalue weighted by Gasteiger charge is -1.99. The average Bonchev–Trinajstić information content (AvgIpc) is 2.26. The lowest BCUT2D eigenvalue weighted by atomic mass is 10.1. The van der Waals surface area contributed by atoms with Crippen molar-refractivity contribution in [1.82, 2.24) is 0 Å². The molecule has 0 bridgehead atoms. The van der Waals surface area contributed by atoms with Crippen molar-refractivity contribution in [2.24, 2.45) is 0 Å². The molecule has 0 aromatic heterocycles. The SMILES string of the molecule is COC(=O)OC/C=C/c1ccccc1C. The van der Waals surface area contributed by atoms with Gasteiger partial charge in [-0.3, -0.25) is 0 Å². The Morgan fingerprint density at radius 1 is 1.40 bits per heavy atom. The van der Waals surface area contributed by atoms with E-state index in [-0.39, 0.29) is 6.61 Å². The number of carbonyl (C=O) groups excluding carboxylic acids is 1. The Balaban J connectivity index is 2.45. The topological polar surface area (TPSA) is 35.5 Å². The van der Waals surface area contributed by atoms with Gasteiger partial charge in [-0.2, -0.15) is 0 Å². The van der Waals surface area contributed by atoms with Gasteiger partial charge in [-0.1, -0.05) is 30.3 Å². The minimum atomic E-state index is -0.663. The highest BCUT2D eigenvalue weighted by atomic mass is 16.7. The Labute approximate surface area is 89.3 Å². The van der Waals surface area contributed by atoms with Crippen molar-refractivity contribution in [2.45, 2.75) is 6.92 Å². The van der Waals surface area contributed by atoms with Gasteiger partial charge in [-0.25, -0.2) is 4.79 Å². The van der Waals surface area contributed by atoms with E-state index in [1.165, 1.54) is 12.7 Å². The van der Waals surface area contributed by atoms with Crippen LogP contribution in [0.2, 0.25) is 0 Å². The lowest BCUT2D eigenvalue weighted by Crippen LogP contribution is -2.03. The normalized spacial score (nSPS) is 10.3. The average molecular weight is 206 g/mol. The number of carbonyl (C=O) groups is 1. The van der Waals surface area contributed by atoms with Crippen LogP contribution in [0, 0.1) is 6.92 Å². The molecule has 0 atom stereocenters. The molecular weight excluding hydrogens is 192 g/mol. The van der Waals surface area contributed by atoms with Gasteiger partial charge >= 0.3 is 6.16 Å². The zero-order chi connectivity index (χ0) is 11.1. The fourth-order valence-electron chi connectivity index (χ4n) is 1.12. The third kappa shape index (κ3) is 3.85. The third-order valence-corrected chi connectivity index (χ3v) is 1.95. The Morgan fingerprint density at radius 3 is 2.80 bits per heavy atom. The van der Waals surface area contributed by atoms with E-state index in [1.807, 2.05) is 37.3 Å². The maximum Gasteiger partial charge on any atom is 0.508 e. The van der Waals surface area contributed by atoms with Crippen LogP contribution in [0.25, 0.3) is 6.08 Å². The van der Waals surface area contributed by atoms with Gasteiger partial charge in [0, 0.05) is 0 Å². The standard InChI is InChI=1S/C12H14O3/c1-10-6-3-4-7-11(10)8-5-9-15-12(13)14-2/h3-8H,9H2,1-2H3/b8-5+. The van der Waals surface area contributed by atoms with Gasteiger partial charge in [0.05, 0.1) is 7.11 Å². The Kier molecular flexibility index (Phi) is 4.41. The zero-order valence-electron chi connectivity index (χ0n) is 8.90. The van der Waals surface area contributed by atoms with Crippen LogP contribution in [0.1, 0.15) is 11.1 Å². The van der Waals surface area contributed by atoms with E-state index in [2.05, 4.69) is 4.74 Å². The number of rotatable bonds is 3. The number of ether oxygens (including phenoxy) is 2. The van der Waals surface area contributed by atoms with Gasteiger partial charge < -0.3 is 9.47 Å². The molecule has 0 aliphatic rings. The number of hydrogen-bond donors (Lipinski definition) is 0. The maximum atomic E-state index is 10.6. The summed E-state index contributed by atoms with van der Waals surface area (Å²) in [7, 11) is 1.29. The molecule has 0 aliphatic carbocycles. The second-order valence-corrected chi connectivity index (χ2v) is 3.02. The molecule has 0 unspecified atom stereocenters. The molecule has 0 spiro atoms. The maximum absolute atomic E-state index is 10.6. The molecule has 0 amide bonds. The predicted molar refractivity (Wildman–Crippen MR) is 58.6 cm³/mol. The molecule has 1 aromatic carbocycles. The molecule has 0 heterocycles. The van der Waals surface area contributed by atoms with Crippen LogP contribution in [0.5, 0.6) is 0 Å². The first kappa shape index (κ1) is 11.3. The molecule has 3 heteroatoms. The van der Waals surface area contributed by atoms with Crippen molar-refractivity contribution in [3.63, 3.8) is 0 Å². The highest BCUT2D eigenvalue weighted by molar-refractivity contribution is 5.60. The lowest BCUT2D eigenvalue weighted by molar-refractivity contribution is 0.0819. The first-order valence-corrected chi connectivity index (χ1v) is 4.67. The molecule has 0 N–H and O–H groups in total. The van der Waals surface area contributed by atoms with Crippen LogP contribution >= 0.6 is 0 Å². The molecule has 15 heavy (non-hydrogen) atoms. The second-order valence-electron chi connectivity index (χ2n) is 3.02. The molecular formula is C12H14O3. The summed E-state index contributed by atoms with van der Waals surface area (Å²) in [4.78, 5) is 10.6. The van der Waals surface area contributed by atoms with E-state index >= 15 is 0 Å². The monoisotopic (exact) mass is 206 g/mol. The minimum Gasteiger partial charge on any atom is -0.438 e. The number of benzene rings is 1. The molecule has 1 aromatic rings. The quantitative estimate of drug-likeness (QED) is 0.713. The first-order chi connectivity index (χ1) is 7.24. The van der Waals surface area contributed by atoms with Crippen molar-refractivity contribution in [3.8, 4) is 0 Å². The highest BCUT2D eigenvalue weighted by Gasteiger charge is 1.96. The van der Waals surface area contributed by atoms with Gasteiger partial charge in [0.15, 0.2) is 0 Å². The van der Waals surface area contributed by atoms with Gasteiger partial charge in [-0.15, -0.1) is 0 Å². The summed E-state index contributed by atoms with van der Waals surface area (Å²) in [5.74, 6) is 0. The van der Waals surface area contributed by atoms with Crippen LogP contribution in [0.3, 0.4) is 0 Å². The summed E-state index contributed by atoms with van der Waals surface area (Å²) in [6.07, 6.45) is 3.03. The molecule has 0 saturated carbocycles. The smallest absolute Gasteiger partial charge is 0.438 e. The predicted octanol–water partition coefficient (Wildman–Crippen LogP) is 2.79. The van der Waals surface area contributed by atoms with E-state index in [0.717, 1.165) is 5.56 Å². The summed E-state index contributed by atoms with van der Waals surface area (Å²) in [6.45, 7) is 2.25. The van der Waals surface area contributed by atoms with Crippen LogP contribution in [-0.4, -0.2) is 19.9 Å². The summed E-state index contributed by atoms with van der Waals surface area (Å²) in [6, 6.07) is 7.98. The van der Waals surface area contributed by atoms with Crippen LogP contribution < -0.4 is 0 Å². The Bertz CT molecular complexity index is 356. The van der Waals surface area contributed by atoms with Crippen LogP contribution in [0.15, 0.2) is 30.3 Å². The fourth-order valence-corrected chi connectivity index (χ4v) is 1.12. The van der Waals surface area contributed by atoms with Crippen molar-refractivity contribution in [3.05, 3.63) is 41.5 Å². The van der Waals surface area contributed by atoms with E-state index in [0.29, 0.717) is 0 Å². The molecule has 80 valence electrons.